The van der Waals surface area contributed by atoms with E-state index in [9.17, 15) is 4.79 Å². The molecule has 4 heteroatoms. The monoisotopic (exact) mass is 327 g/mol. The Labute approximate surface area is 123 Å². The van der Waals surface area contributed by atoms with Crippen molar-refractivity contribution in [2.24, 2.45) is 0 Å². The lowest BCUT2D eigenvalue weighted by Crippen LogP contribution is -2.47. The van der Waals surface area contributed by atoms with Crippen LogP contribution in [0.1, 0.15) is 50.4 Å². The number of nitrogens with one attached hydrogen (secondary N) is 1. The van der Waals surface area contributed by atoms with Crippen molar-refractivity contribution in [3.63, 3.8) is 0 Å². The van der Waals surface area contributed by atoms with E-state index in [1.54, 1.807) is 25.3 Å². The summed E-state index contributed by atoms with van der Waals surface area (Å²) in [6.07, 6.45) is 2.80. The van der Waals surface area contributed by atoms with E-state index in [4.69, 9.17) is 4.74 Å². The Hall–Kier alpha value is -1.03. The van der Waals surface area contributed by atoms with Gasteiger partial charge in [0.1, 0.15) is 5.75 Å². The zero-order chi connectivity index (χ0) is 14.5. The third-order valence-corrected chi connectivity index (χ3v) is 4.44. The number of halogens is 1. The number of methoxy groups -OCH3 is 1. The third-order valence-electron chi connectivity index (χ3n) is 3.82. The van der Waals surface area contributed by atoms with Crippen LogP contribution in [0, 0.1) is 0 Å². The summed E-state index contributed by atoms with van der Waals surface area (Å²) in [5.74, 6) is 0.693. The zero-order valence-corrected chi connectivity index (χ0v) is 13.6. The molecule has 0 aromatic heterocycles. The molecule has 0 radical (unpaired) electrons. The van der Waals surface area contributed by atoms with Crippen molar-refractivity contribution >= 4 is 21.8 Å². The van der Waals surface area contributed by atoms with E-state index in [2.05, 4.69) is 42.0 Å². The number of ether oxygens (including phenoxy) is 1. The predicted octanol–water partition coefficient (Wildman–Crippen LogP) is 4.16. The predicted molar refractivity (Wildman–Crippen MR) is 81.8 cm³/mol. The number of hydrogen-bond donors (Lipinski definition) is 1. The largest absolute Gasteiger partial charge is 0.496 e. The second-order valence-corrected chi connectivity index (χ2v) is 5.50. The van der Waals surface area contributed by atoms with Crippen LogP contribution in [-0.4, -0.2) is 18.6 Å². The molecule has 0 aliphatic carbocycles. The molecule has 3 nitrogen and oxygen atoms in total. The quantitative estimate of drug-likeness (QED) is 0.852. The molecule has 0 heterocycles. The minimum absolute atomic E-state index is 0.0334. The lowest BCUT2D eigenvalue weighted by atomic mass is 9.89. The van der Waals surface area contributed by atoms with E-state index >= 15 is 0 Å². The fourth-order valence-electron chi connectivity index (χ4n) is 2.14. The van der Waals surface area contributed by atoms with Crippen LogP contribution in [0.25, 0.3) is 0 Å². The highest BCUT2D eigenvalue weighted by atomic mass is 79.9. The molecule has 0 atom stereocenters. The first kappa shape index (κ1) is 16.0. The summed E-state index contributed by atoms with van der Waals surface area (Å²) < 4.78 is 5.96. The van der Waals surface area contributed by atoms with Gasteiger partial charge in [-0.15, -0.1) is 0 Å². The van der Waals surface area contributed by atoms with Crippen molar-refractivity contribution in [2.45, 2.75) is 45.6 Å². The molecule has 0 fully saturated rings. The van der Waals surface area contributed by atoms with Crippen molar-refractivity contribution in [1.82, 2.24) is 5.32 Å². The standard InChI is InChI=1S/C15H22BrNO2/c1-5-15(6-2,7-3)17-14(18)11-8-9-13(19-4)12(16)10-11/h8-10H,5-7H2,1-4H3,(H,17,18). The Morgan fingerprint density at radius 1 is 1.26 bits per heavy atom. The molecule has 1 rings (SSSR count). The fourth-order valence-corrected chi connectivity index (χ4v) is 2.68. The van der Waals surface area contributed by atoms with Gasteiger partial charge in [0, 0.05) is 11.1 Å². The average molecular weight is 328 g/mol. The smallest absolute Gasteiger partial charge is 0.251 e. The highest BCUT2D eigenvalue weighted by Crippen LogP contribution is 2.26. The molecule has 0 spiro atoms. The molecular weight excluding hydrogens is 306 g/mol. The van der Waals surface area contributed by atoms with Crippen LogP contribution in [0.15, 0.2) is 22.7 Å². The van der Waals surface area contributed by atoms with Gasteiger partial charge in [0.25, 0.3) is 5.91 Å². The molecule has 0 saturated heterocycles. The summed E-state index contributed by atoms with van der Waals surface area (Å²) in [5, 5.41) is 3.16. The van der Waals surface area contributed by atoms with Gasteiger partial charge in [-0.1, -0.05) is 20.8 Å². The van der Waals surface area contributed by atoms with Crippen LogP contribution in [-0.2, 0) is 0 Å². The first-order valence-electron chi connectivity index (χ1n) is 6.68. The summed E-state index contributed by atoms with van der Waals surface area (Å²) in [4.78, 5) is 12.3. The number of benzene rings is 1. The fraction of sp³-hybridized carbons (Fsp3) is 0.533. The van der Waals surface area contributed by atoms with E-state index in [0.29, 0.717) is 5.56 Å². The van der Waals surface area contributed by atoms with Crippen molar-refractivity contribution in [2.75, 3.05) is 7.11 Å². The molecular formula is C15H22BrNO2. The Balaban J connectivity index is 2.92. The highest BCUT2D eigenvalue weighted by Gasteiger charge is 2.26. The van der Waals surface area contributed by atoms with Gasteiger partial charge in [0.15, 0.2) is 0 Å². The number of rotatable bonds is 6. The Kier molecular flexibility index (Phi) is 5.85. The molecule has 0 unspecified atom stereocenters. The number of carbonyl (C=O) groups excluding carboxylic acids is 1. The van der Waals surface area contributed by atoms with E-state index in [-0.39, 0.29) is 11.4 Å². The normalized spacial score (nSPS) is 11.2. The van der Waals surface area contributed by atoms with E-state index in [1.807, 2.05) is 0 Å². The van der Waals surface area contributed by atoms with E-state index < -0.39 is 0 Å². The number of hydrogen-bond acceptors (Lipinski definition) is 2. The third kappa shape index (κ3) is 3.72. The van der Waals surface area contributed by atoms with Crippen molar-refractivity contribution < 1.29 is 9.53 Å². The van der Waals surface area contributed by atoms with Gasteiger partial charge in [0.2, 0.25) is 0 Å². The molecule has 1 aromatic carbocycles. The lowest BCUT2D eigenvalue weighted by molar-refractivity contribution is 0.0888. The molecule has 1 N–H and O–H groups in total. The van der Waals surface area contributed by atoms with Crippen molar-refractivity contribution in [1.29, 1.82) is 0 Å². The maximum absolute atomic E-state index is 12.3. The van der Waals surface area contributed by atoms with Gasteiger partial charge in [-0.25, -0.2) is 0 Å². The molecule has 19 heavy (non-hydrogen) atoms. The minimum Gasteiger partial charge on any atom is -0.496 e. The van der Waals surface area contributed by atoms with Crippen molar-refractivity contribution in [3.05, 3.63) is 28.2 Å². The second kappa shape index (κ2) is 6.94. The number of amides is 1. The summed E-state index contributed by atoms with van der Waals surface area (Å²) in [5.41, 5.74) is 0.538. The van der Waals surface area contributed by atoms with Gasteiger partial charge in [-0.3, -0.25) is 4.79 Å². The SMILES string of the molecule is CCC(CC)(CC)NC(=O)c1ccc(OC)c(Br)c1. The van der Waals surface area contributed by atoms with Crippen LogP contribution in [0.2, 0.25) is 0 Å². The van der Waals surface area contributed by atoms with Gasteiger partial charge in [-0.2, -0.15) is 0 Å². The Morgan fingerprint density at radius 3 is 2.26 bits per heavy atom. The molecule has 0 aliphatic heterocycles. The number of carbonyl (C=O) groups is 1. The molecule has 0 bridgehead atoms. The lowest BCUT2D eigenvalue weighted by Gasteiger charge is -2.31. The Bertz CT molecular complexity index is 434. The van der Waals surface area contributed by atoms with Crippen molar-refractivity contribution in [3.8, 4) is 5.75 Å². The minimum atomic E-state index is -0.108. The van der Waals surface area contributed by atoms with Gasteiger partial charge < -0.3 is 10.1 Å². The topological polar surface area (TPSA) is 38.3 Å². The molecule has 1 aromatic rings. The summed E-state index contributed by atoms with van der Waals surface area (Å²) in [6, 6.07) is 5.37. The molecule has 1 amide bonds. The van der Waals surface area contributed by atoms with E-state index in [0.717, 1.165) is 29.5 Å². The molecule has 0 aliphatic rings. The van der Waals surface area contributed by atoms with Crippen LogP contribution >= 0.6 is 15.9 Å². The summed E-state index contributed by atoms with van der Waals surface area (Å²) >= 11 is 3.40. The second-order valence-electron chi connectivity index (χ2n) is 4.64. The summed E-state index contributed by atoms with van der Waals surface area (Å²) in [6.45, 7) is 6.33. The van der Waals surface area contributed by atoms with Crippen LogP contribution in [0.4, 0.5) is 0 Å². The zero-order valence-electron chi connectivity index (χ0n) is 12.0. The van der Waals surface area contributed by atoms with Crippen LogP contribution in [0.5, 0.6) is 5.75 Å². The average Bonchev–Trinajstić information content (AvgIpc) is 2.44. The first-order chi connectivity index (χ1) is 9.01. The van der Waals surface area contributed by atoms with Gasteiger partial charge >= 0.3 is 0 Å². The van der Waals surface area contributed by atoms with Crippen LogP contribution < -0.4 is 10.1 Å². The van der Waals surface area contributed by atoms with Crippen LogP contribution in [0.3, 0.4) is 0 Å². The van der Waals surface area contributed by atoms with Gasteiger partial charge in [-0.05, 0) is 53.4 Å². The maximum atomic E-state index is 12.3. The highest BCUT2D eigenvalue weighted by molar-refractivity contribution is 9.10. The molecule has 106 valence electrons. The molecule has 0 saturated carbocycles. The maximum Gasteiger partial charge on any atom is 0.251 e. The van der Waals surface area contributed by atoms with E-state index in [1.165, 1.54) is 0 Å². The first-order valence-corrected chi connectivity index (χ1v) is 7.47. The summed E-state index contributed by atoms with van der Waals surface area (Å²) in [7, 11) is 1.61. The van der Waals surface area contributed by atoms with Gasteiger partial charge in [0.05, 0.1) is 11.6 Å². The Morgan fingerprint density at radius 2 is 1.84 bits per heavy atom.